The van der Waals surface area contributed by atoms with E-state index >= 15 is 0 Å². The van der Waals surface area contributed by atoms with E-state index < -0.39 is 0 Å². The van der Waals surface area contributed by atoms with Gasteiger partial charge in [0.1, 0.15) is 0 Å². The summed E-state index contributed by atoms with van der Waals surface area (Å²) in [5.74, 6) is 0.808. The van der Waals surface area contributed by atoms with Crippen LogP contribution in [0.15, 0.2) is 49.1 Å². The van der Waals surface area contributed by atoms with Gasteiger partial charge in [-0.1, -0.05) is 0 Å². The third kappa shape index (κ3) is 1.32. The van der Waals surface area contributed by atoms with Crippen molar-refractivity contribution < 1.29 is 0 Å². The third-order valence-electron chi connectivity index (χ3n) is 2.51. The van der Waals surface area contributed by atoms with Crippen molar-refractivity contribution in [1.82, 2.24) is 14.5 Å². The number of aromatic nitrogens is 3. The van der Waals surface area contributed by atoms with Crippen molar-refractivity contribution in [3.8, 4) is 5.82 Å². The van der Waals surface area contributed by atoms with Gasteiger partial charge in [0.15, 0.2) is 5.82 Å². The number of rotatable bonds is 1. The minimum Gasteiger partial charge on any atom is -0.399 e. The van der Waals surface area contributed by atoms with Crippen molar-refractivity contribution >= 4 is 16.6 Å². The van der Waals surface area contributed by atoms with Gasteiger partial charge in [0.05, 0.1) is 11.7 Å². The Morgan fingerprint density at radius 2 is 2.06 bits per heavy atom. The van der Waals surface area contributed by atoms with Crippen LogP contribution >= 0.6 is 0 Å². The zero-order valence-electron chi connectivity index (χ0n) is 8.54. The van der Waals surface area contributed by atoms with E-state index in [1.807, 2.05) is 35.0 Å². The lowest BCUT2D eigenvalue weighted by atomic mass is 10.2. The SMILES string of the molecule is Nc1ccc2c(ccn2-c2cnccn2)c1. The third-order valence-corrected chi connectivity index (χ3v) is 2.51. The molecule has 0 aliphatic rings. The Bertz CT molecular complexity index is 628. The van der Waals surface area contributed by atoms with E-state index in [4.69, 9.17) is 5.73 Å². The van der Waals surface area contributed by atoms with E-state index in [1.165, 1.54) is 0 Å². The van der Waals surface area contributed by atoms with Crippen LogP contribution in [-0.2, 0) is 0 Å². The summed E-state index contributed by atoms with van der Waals surface area (Å²) in [6.07, 6.45) is 7.04. The van der Waals surface area contributed by atoms with Gasteiger partial charge in [0.25, 0.3) is 0 Å². The lowest BCUT2D eigenvalue weighted by molar-refractivity contribution is 1.01. The molecule has 1 aromatic carbocycles. The number of nitrogen functional groups attached to an aromatic ring is 1. The maximum atomic E-state index is 5.73. The van der Waals surface area contributed by atoms with Gasteiger partial charge in [0, 0.05) is 29.7 Å². The predicted octanol–water partition coefficient (Wildman–Crippen LogP) is 2.00. The average molecular weight is 210 g/mol. The average Bonchev–Trinajstić information content (AvgIpc) is 2.73. The number of benzene rings is 1. The minimum atomic E-state index is 0.768. The number of hydrogen-bond donors (Lipinski definition) is 1. The molecule has 0 atom stereocenters. The van der Waals surface area contributed by atoms with Crippen LogP contribution < -0.4 is 5.73 Å². The fourth-order valence-electron chi connectivity index (χ4n) is 1.78. The Balaban J connectivity index is 2.26. The van der Waals surface area contributed by atoms with E-state index in [-0.39, 0.29) is 0 Å². The van der Waals surface area contributed by atoms with Gasteiger partial charge in [-0.25, -0.2) is 4.98 Å². The molecule has 0 unspecified atom stereocenters. The molecule has 0 spiro atoms. The van der Waals surface area contributed by atoms with Gasteiger partial charge >= 0.3 is 0 Å². The van der Waals surface area contributed by atoms with Crippen LogP contribution in [0.3, 0.4) is 0 Å². The first-order valence-corrected chi connectivity index (χ1v) is 4.97. The van der Waals surface area contributed by atoms with Gasteiger partial charge in [-0.15, -0.1) is 0 Å². The molecule has 3 aromatic rings. The van der Waals surface area contributed by atoms with Crippen LogP contribution in [0.4, 0.5) is 5.69 Å². The highest BCUT2D eigenvalue weighted by molar-refractivity contribution is 5.84. The van der Waals surface area contributed by atoms with Crippen LogP contribution in [0, 0.1) is 0 Å². The number of nitrogens with two attached hydrogens (primary N) is 1. The molecule has 0 saturated carbocycles. The summed E-state index contributed by atoms with van der Waals surface area (Å²) in [7, 11) is 0. The molecular formula is C12H10N4. The van der Waals surface area contributed by atoms with Crippen molar-refractivity contribution in [3.05, 3.63) is 49.1 Å². The van der Waals surface area contributed by atoms with Gasteiger partial charge < -0.3 is 5.73 Å². The number of fused-ring (bicyclic) bond motifs is 1. The summed E-state index contributed by atoms with van der Waals surface area (Å²) in [4.78, 5) is 8.32. The number of hydrogen-bond acceptors (Lipinski definition) is 3. The summed E-state index contributed by atoms with van der Waals surface area (Å²) in [6.45, 7) is 0. The highest BCUT2D eigenvalue weighted by atomic mass is 15.1. The highest BCUT2D eigenvalue weighted by Gasteiger charge is 2.03. The lowest BCUT2D eigenvalue weighted by Gasteiger charge is -2.03. The Morgan fingerprint density at radius 1 is 1.12 bits per heavy atom. The summed E-state index contributed by atoms with van der Waals surface area (Å²) < 4.78 is 1.99. The van der Waals surface area contributed by atoms with Gasteiger partial charge in [0.2, 0.25) is 0 Å². The summed E-state index contributed by atoms with van der Waals surface area (Å²) in [5.41, 5.74) is 7.58. The Labute approximate surface area is 92.4 Å². The normalized spacial score (nSPS) is 10.8. The minimum absolute atomic E-state index is 0.768. The second kappa shape index (κ2) is 3.34. The van der Waals surface area contributed by atoms with E-state index in [0.717, 1.165) is 22.4 Å². The standard InChI is InChI=1S/C12H10N4/c13-10-1-2-11-9(7-10)3-6-16(11)12-8-14-4-5-15-12/h1-8H,13H2. The second-order valence-electron chi connectivity index (χ2n) is 3.57. The Kier molecular flexibility index (Phi) is 1.86. The smallest absolute Gasteiger partial charge is 0.155 e. The first-order chi connectivity index (χ1) is 7.84. The molecule has 3 rings (SSSR count). The van der Waals surface area contributed by atoms with Gasteiger partial charge in [-0.3, -0.25) is 9.55 Å². The summed E-state index contributed by atoms with van der Waals surface area (Å²) >= 11 is 0. The van der Waals surface area contributed by atoms with Crippen molar-refractivity contribution in [2.24, 2.45) is 0 Å². The molecule has 0 aliphatic heterocycles. The monoisotopic (exact) mass is 210 g/mol. The fraction of sp³-hybridized carbons (Fsp3) is 0. The van der Waals surface area contributed by atoms with E-state index in [9.17, 15) is 0 Å². The van der Waals surface area contributed by atoms with Crippen molar-refractivity contribution in [2.75, 3.05) is 5.73 Å². The molecule has 2 heterocycles. The highest BCUT2D eigenvalue weighted by Crippen LogP contribution is 2.20. The second-order valence-corrected chi connectivity index (χ2v) is 3.57. The lowest BCUT2D eigenvalue weighted by Crippen LogP contribution is -1.95. The van der Waals surface area contributed by atoms with Gasteiger partial charge in [-0.05, 0) is 24.3 Å². The Morgan fingerprint density at radius 3 is 2.88 bits per heavy atom. The zero-order valence-corrected chi connectivity index (χ0v) is 8.54. The molecule has 78 valence electrons. The topological polar surface area (TPSA) is 56.7 Å². The molecular weight excluding hydrogens is 200 g/mol. The molecule has 2 aromatic heterocycles. The van der Waals surface area contributed by atoms with Crippen LogP contribution in [-0.4, -0.2) is 14.5 Å². The maximum Gasteiger partial charge on any atom is 0.155 e. The molecule has 0 saturated heterocycles. The molecule has 0 amide bonds. The van der Waals surface area contributed by atoms with Crippen molar-refractivity contribution in [3.63, 3.8) is 0 Å². The van der Waals surface area contributed by atoms with E-state index in [0.29, 0.717) is 0 Å². The predicted molar refractivity (Wildman–Crippen MR) is 63.3 cm³/mol. The van der Waals surface area contributed by atoms with Crippen LogP contribution in [0.25, 0.3) is 16.7 Å². The largest absolute Gasteiger partial charge is 0.399 e. The van der Waals surface area contributed by atoms with Crippen LogP contribution in [0.2, 0.25) is 0 Å². The maximum absolute atomic E-state index is 5.73. The van der Waals surface area contributed by atoms with Crippen LogP contribution in [0.5, 0.6) is 0 Å². The van der Waals surface area contributed by atoms with E-state index in [1.54, 1.807) is 18.6 Å². The summed E-state index contributed by atoms with van der Waals surface area (Å²) in [6, 6.07) is 7.83. The van der Waals surface area contributed by atoms with Gasteiger partial charge in [-0.2, -0.15) is 0 Å². The molecule has 0 fully saturated rings. The molecule has 2 N–H and O–H groups in total. The quantitative estimate of drug-likeness (QED) is 0.625. The molecule has 0 radical (unpaired) electrons. The number of anilines is 1. The molecule has 0 bridgehead atoms. The first-order valence-electron chi connectivity index (χ1n) is 4.97. The molecule has 4 nitrogen and oxygen atoms in total. The molecule has 0 aliphatic carbocycles. The Hall–Kier alpha value is -2.36. The molecule has 4 heteroatoms. The van der Waals surface area contributed by atoms with Crippen molar-refractivity contribution in [2.45, 2.75) is 0 Å². The molecule has 16 heavy (non-hydrogen) atoms. The van der Waals surface area contributed by atoms with Crippen molar-refractivity contribution in [1.29, 1.82) is 0 Å². The van der Waals surface area contributed by atoms with Crippen LogP contribution in [0.1, 0.15) is 0 Å². The van der Waals surface area contributed by atoms with E-state index in [2.05, 4.69) is 9.97 Å². The summed E-state index contributed by atoms with van der Waals surface area (Å²) in [5, 5.41) is 1.10. The number of nitrogens with zero attached hydrogens (tertiary/aromatic N) is 3. The fourth-order valence-corrected chi connectivity index (χ4v) is 1.78. The zero-order chi connectivity index (χ0) is 11.0. The first kappa shape index (κ1) is 8.91.